The van der Waals surface area contributed by atoms with Gasteiger partial charge in [-0.2, -0.15) is 11.3 Å². The molecule has 120 valence electrons. The average molecular weight is 330 g/mol. The highest BCUT2D eigenvalue weighted by molar-refractivity contribution is 7.07. The lowest BCUT2D eigenvalue weighted by Crippen LogP contribution is -2.24. The van der Waals surface area contributed by atoms with Gasteiger partial charge in [0.15, 0.2) is 0 Å². The summed E-state index contributed by atoms with van der Waals surface area (Å²) in [6.07, 6.45) is 0.958. The molecule has 2 heterocycles. The van der Waals surface area contributed by atoms with Crippen LogP contribution in [0.25, 0.3) is 0 Å². The molecule has 3 rings (SSSR count). The summed E-state index contributed by atoms with van der Waals surface area (Å²) in [4.78, 5) is 24.9. The van der Waals surface area contributed by atoms with Crippen LogP contribution in [-0.4, -0.2) is 25.2 Å². The second-order valence-corrected chi connectivity index (χ2v) is 6.12. The van der Waals surface area contributed by atoms with Crippen LogP contribution in [0, 0.1) is 0 Å². The zero-order valence-corrected chi connectivity index (χ0v) is 13.5. The van der Waals surface area contributed by atoms with Gasteiger partial charge in [-0.05, 0) is 46.5 Å². The highest BCUT2D eigenvalue weighted by atomic mass is 32.1. The number of hydrogen-bond acceptors (Lipinski definition) is 4. The molecule has 1 aliphatic rings. The Morgan fingerprint density at radius 1 is 1.22 bits per heavy atom. The smallest absolute Gasteiger partial charge is 0.414 e. The SMILES string of the molecule is O=C(CCc1ccsc1)NCc1ccc(N2CCOC2=O)cc1. The van der Waals surface area contributed by atoms with Crippen molar-refractivity contribution in [3.05, 3.63) is 52.2 Å². The van der Waals surface area contributed by atoms with E-state index in [0.29, 0.717) is 26.1 Å². The topological polar surface area (TPSA) is 58.6 Å². The van der Waals surface area contributed by atoms with E-state index in [9.17, 15) is 9.59 Å². The number of cyclic esters (lactones) is 1. The van der Waals surface area contributed by atoms with E-state index >= 15 is 0 Å². The van der Waals surface area contributed by atoms with Crippen molar-refractivity contribution in [2.45, 2.75) is 19.4 Å². The normalized spacial score (nSPS) is 13.9. The Kier molecular flexibility index (Phi) is 4.92. The number of aryl methyl sites for hydroxylation is 1. The largest absolute Gasteiger partial charge is 0.447 e. The predicted octanol–water partition coefficient (Wildman–Crippen LogP) is 2.95. The number of anilines is 1. The van der Waals surface area contributed by atoms with Crippen LogP contribution in [-0.2, 0) is 22.5 Å². The number of nitrogens with one attached hydrogen (secondary N) is 1. The second kappa shape index (κ2) is 7.28. The summed E-state index contributed by atoms with van der Waals surface area (Å²) < 4.78 is 4.92. The summed E-state index contributed by atoms with van der Waals surface area (Å²) in [5.74, 6) is 0.0448. The van der Waals surface area contributed by atoms with E-state index in [4.69, 9.17) is 4.74 Å². The Morgan fingerprint density at radius 2 is 2.04 bits per heavy atom. The number of thiophene rings is 1. The van der Waals surface area contributed by atoms with Gasteiger partial charge < -0.3 is 10.1 Å². The Bertz CT molecular complexity index is 668. The molecular formula is C17H18N2O3S. The minimum atomic E-state index is -0.306. The molecule has 0 aliphatic carbocycles. The molecule has 1 aromatic heterocycles. The molecule has 1 aliphatic heterocycles. The molecule has 2 amide bonds. The van der Waals surface area contributed by atoms with Gasteiger partial charge >= 0.3 is 6.09 Å². The number of hydrogen-bond donors (Lipinski definition) is 1. The first-order valence-corrected chi connectivity index (χ1v) is 8.47. The summed E-state index contributed by atoms with van der Waals surface area (Å²) >= 11 is 1.64. The fourth-order valence-corrected chi connectivity index (χ4v) is 3.11. The number of carbonyl (C=O) groups excluding carboxylic acids is 2. The third kappa shape index (κ3) is 4.10. The first kappa shape index (κ1) is 15.6. The number of ether oxygens (including phenoxy) is 1. The summed E-state index contributed by atoms with van der Waals surface area (Å²) in [6, 6.07) is 9.62. The molecule has 1 saturated heterocycles. The number of carbonyl (C=O) groups is 2. The van der Waals surface area contributed by atoms with Gasteiger partial charge in [0.2, 0.25) is 5.91 Å². The van der Waals surface area contributed by atoms with Gasteiger partial charge in [-0.25, -0.2) is 4.79 Å². The van der Waals surface area contributed by atoms with E-state index in [0.717, 1.165) is 17.7 Å². The molecule has 0 radical (unpaired) electrons. The van der Waals surface area contributed by atoms with Crippen molar-refractivity contribution in [1.82, 2.24) is 5.32 Å². The fraction of sp³-hybridized carbons (Fsp3) is 0.294. The lowest BCUT2D eigenvalue weighted by molar-refractivity contribution is -0.121. The minimum absolute atomic E-state index is 0.0448. The van der Waals surface area contributed by atoms with Crippen molar-refractivity contribution in [3.63, 3.8) is 0 Å². The molecule has 5 nitrogen and oxygen atoms in total. The van der Waals surface area contributed by atoms with E-state index in [1.54, 1.807) is 16.2 Å². The van der Waals surface area contributed by atoms with E-state index in [2.05, 4.69) is 10.7 Å². The zero-order chi connectivity index (χ0) is 16.1. The molecule has 23 heavy (non-hydrogen) atoms. The van der Waals surface area contributed by atoms with Crippen molar-refractivity contribution in [2.75, 3.05) is 18.1 Å². The van der Waals surface area contributed by atoms with Gasteiger partial charge in [0.1, 0.15) is 6.61 Å². The monoisotopic (exact) mass is 330 g/mol. The summed E-state index contributed by atoms with van der Waals surface area (Å²) in [5.41, 5.74) is 3.03. The van der Waals surface area contributed by atoms with Gasteiger partial charge in [0, 0.05) is 18.7 Å². The third-order valence-electron chi connectivity index (χ3n) is 3.72. The van der Waals surface area contributed by atoms with Crippen molar-refractivity contribution in [2.24, 2.45) is 0 Å². The Hall–Kier alpha value is -2.34. The molecule has 1 aromatic carbocycles. The first-order valence-electron chi connectivity index (χ1n) is 7.53. The van der Waals surface area contributed by atoms with Gasteiger partial charge in [0.05, 0.1) is 6.54 Å². The average Bonchev–Trinajstić information content (AvgIpc) is 3.23. The lowest BCUT2D eigenvalue weighted by Gasteiger charge is -2.13. The number of rotatable bonds is 6. The summed E-state index contributed by atoms with van der Waals surface area (Å²) in [7, 11) is 0. The van der Waals surface area contributed by atoms with Crippen LogP contribution in [0.15, 0.2) is 41.1 Å². The molecular weight excluding hydrogens is 312 g/mol. The lowest BCUT2D eigenvalue weighted by atomic mass is 10.1. The maximum atomic E-state index is 11.9. The van der Waals surface area contributed by atoms with Crippen LogP contribution in [0.3, 0.4) is 0 Å². The highest BCUT2D eigenvalue weighted by Crippen LogP contribution is 2.19. The van der Waals surface area contributed by atoms with Crippen LogP contribution in [0.2, 0.25) is 0 Å². The van der Waals surface area contributed by atoms with Crippen LogP contribution in [0.1, 0.15) is 17.5 Å². The molecule has 1 fully saturated rings. The van der Waals surface area contributed by atoms with E-state index in [1.807, 2.05) is 35.7 Å². The minimum Gasteiger partial charge on any atom is -0.447 e. The molecule has 0 bridgehead atoms. The van der Waals surface area contributed by atoms with E-state index < -0.39 is 0 Å². The fourth-order valence-electron chi connectivity index (χ4n) is 2.40. The van der Waals surface area contributed by atoms with Crippen LogP contribution in [0.4, 0.5) is 10.5 Å². The standard InChI is InChI=1S/C17H18N2O3S/c20-16(6-3-14-7-10-23-12-14)18-11-13-1-4-15(5-2-13)19-8-9-22-17(19)21/h1-2,4-5,7,10,12H,3,6,8-9,11H2,(H,18,20). The van der Waals surface area contributed by atoms with Gasteiger partial charge in [-0.3, -0.25) is 9.69 Å². The first-order chi connectivity index (χ1) is 11.2. The molecule has 0 atom stereocenters. The van der Waals surface area contributed by atoms with Gasteiger partial charge in [0.25, 0.3) is 0 Å². The van der Waals surface area contributed by atoms with Gasteiger partial charge in [-0.1, -0.05) is 12.1 Å². The van der Waals surface area contributed by atoms with Crippen LogP contribution in [0.5, 0.6) is 0 Å². The summed E-state index contributed by atoms with van der Waals surface area (Å²) in [6.45, 7) is 1.51. The van der Waals surface area contributed by atoms with E-state index in [-0.39, 0.29) is 12.0 Å². The van der Waals surface area contributed by atoms with Crippen molar-refractivity contribution >= 4 is 29.0 Å². The Morgan fingerprint density at radius 3 is 2.70 bits per heavy atom. The van der Waals surface area contributed by atoms with Crippen LogP contribution >= 0.6 is 11.3 Å². The Balaban J connectivity index is 1.46. The van der Waals surface area contributed by atoms with Crippen molar-refractivity contribution < 1.29 is 14.3 Å². The number of nitrogens with zero attached hydrogens (tertiary/aromatic N) is 1. The molecule has 1 N–H and O–H groups in total. The summed E-state index contributed by atoms with van der Waals surface area (Å²) in [5, 5.41) is 7.00. The quantitative estimate of drug-likeness (QED) is 0.886. The second-order valence-electron chi connectivity index (χ2n) is 5.34. The molecule has 2 aromatic rings. The molecule has 0 spiro atoms. The molecule has 0 unspecified atom stereocenters. The number of benzene rings is 1. The number of amides is 2. The van der Waals surface area contributed by atoms with Crippen molar-refractivity contribution in [1.29, 1.82) is 0 Å². The maximum absolute atomic E-state index is 11.9. The Labute approximate surface area is 138 Å². The highest BCUT2D eigenvalue weighted by Gasteiger charge is 2.23. The maximum Gasteiger partial charge on any atom is 0.414 e. The third-order valence-corrected chi connectivity index (χ3v) is 4.45. The predicted molar refractivity (Wildman–Crippen MR) is 89.6 cm³/mol. The molecule has 6 heteroatoms. The van der Waals surface area contributed by atoms with Crippen LogP contribution < -0.4 is 10.2 Å². The van der Waals surface area contributed by atoms with Gasteiger partial charge in [-0.15, -0.1) is 0 Å². The van der Waals surface area contributed by atoms with E-state index in [1.165, 1.54) is 5.56 Å². The van der Waals surface area contributed by atoms with Crippen molar-refractivity contribution in [3.8, 4) is 0 Å². The zero-order valence-electron chi connectivity index (χ0n) is 12.7. The molecule has 0 saturated carbocycles.